The molecule has 0 atom stereocenters. The fourth-order valence-electron chi connectivity index (χ4n) is 1.90. The van der Waals surface area contributed by atoms with Crippen molar-refractivity contribution in [1.29, 1.82) is 0 Å². The molecule has 3 aromatic heterocycles. The Kier molecular flexibility index (Phi) is 2.76. The molecule has 0 aliphatic heterocycles. The van der Waals surface area contributed by atoms with Crippen LogP contribution in [0.4, 0.5) is 5.82 Å². The molecule has 0 aromatic carbocycles. The summed E-state index contributed by atoms with van der Waals surface area (Å²) in [5, 5.41) is 7.56. The molecule has 0 saturated carbocycles. The minimum Gasteiger partial charge on any atom is -0.363 e. The highest BCUT2D eigenvalue weighted by molar-refractivity contribution is 7.12. The summed E-state index contributed by atoms with van der Waals surface area (Å²) in [6.45, 7) is 5.10. The second-order valence-electron chi connectivity index (χ2n) is 4.24. The van der Waals surface area contributed by atoms with Crippen molar-refractivity contribution in [1.82, 2.24) is 14.6 Å². The van der Waals surface area contributed by atoms with Crippen LogP contribution in [0, 0.1) is 13.8 Å². The lowest BCUT2D eigenvalue weighted by molar-refractivity contribution is 0.943. The first-order chi connectivity index (χ1) is 8.74. The second-order valence-corrected chi connectivity index (χ2v) is 5.58. The number of nitrogens with zero attached hydrogens (tertiary/aromatic N) is 3. The molecule has 1 N–H and O–H groups in total. The molecule has 0 fully saturated rings. The van der Waals surface area contributed by atoms with Crippen LogP contribution < -0.4 is 5.32 Å². The Morgan fingerprint density at radius 3 is 3.00 bits per heavy atom. The van der Waals surface area contributed by atoms with Crippen LogP contribution in [0.5, 0.6) is 0 Å². The van der Waals surface area contributed by atoms with E-state index in [-0.39, 0.29) is 0 Å². The number of hydrogen-bond donors (Lipinski definition) is 1. The molecule has 0 aliphatic carbocycles. The van der Waals surface area contributed by atoms with E-state index >= 15 is 0 Å². The highest BCUT2D eigenvalue weighted by Crippen LogP contribution is 2.22. The summed E-state index contributed by atoms with van der Waals surface area (Å²) in [5.41, 5.74) is 2.36. The summed E-state index contributed by atoms with van der Waals surface area (Å²) < 4.78 is 1.82. The van der Waals surface area contributed by atoms with Crippen LogP contribution in [0.3, 0.4) is 0 Å². The first kappa shape index (κ1) is 11.2. The van der Waals surface area contributed by atoms with Crippen LogP contribution in [-0.2, 0) is 6.54 Å². The fourth-order valence-corrected chi connectivity index (χ4v) is 2.89. The van der Waals surface area contributed by atoms with Gasteiger partial charge in [0.25, 0.3) is 0 Å². The molecule has 18 heavy (non-hydrogen) atoms. The summed E-state index contributed by atoms with van der Waals surface area (Å²) in [6.07, 6.45) is 5.38. The van der Waals surface area contributed by atoms with Crippen molar-refractivity contribution in [2.75, 3.05) is 5.32 Å². The minimum absolute atomic E-state index is 0.803. The number of rotatable bonds is 3. The standard InChI is InChI=1S/C13H14N4S/c1-9-7-11(18-10(9)2)8-15-13-12-3-4-16-17(12)6-5-14-13/h3-7H,8H2,1-2H3,(H,14,15). The lowest BCUT2D eigenvalue weighted by Crippen LogP contribution is -2.02. The monoisotopic (exact) mass is 258 g/mol. The zero-order chi connectivity index (χ0) is 12.5. The van der Waals surface area contributed by atoms with E-state index in [1.54, 1.807) is 12.4 Å². The van der Waals surface area contributed by atoms with Gasteiger partial charge in [0.2, 0.25) is 0 Å². The summed E-state index contributed by atoms with van der Waals surface area (Å²) >= 11 is 1.83. The predicted molar refractivity (Wildman–Crippen MR) is 74.1 cm³/mol. The smallest absolute Gasteiger partial charge is 0.152 e. The summed E-state index contributed by atoms with van der Waals surface area (Å²) in [5.74, 6) is 0.874. The predicted octanol–water partition coefficient (Wildman–Crippen LogP) is 3.02. The lowest BCUT2D eigenvalue weighted by Gasteiger charge is -2.05. The SMILES string of the molecule is Cc1cc(CNc2nccn3nccc23)sc1C. The van der Waals surface area contributed by atoms with Crippen LogP contribution >= 0.6 is 11.3 Å². The summed E-state index contributed by atoms with van der Waals surface area (Å²) in [7, 11) is 0. The molecule has 3 aromatic rings. The Labute approximate surface area is 109 Å². The fraction of sp³-hybridized carbons (Fsp3) is 0.231. The molecule has 0 saturated heterocycles. The Bertz CT molecular complexity index is 664. The molecule has 0 amide bonds. The number of hydrogen-bond acceptors (Lipinski definition) is 4. The van der Waals surface area contributed by atoms with Gasteiger partial charge in [-0.3, -0.25) is 0 Å². The van der Waals surface area contributed by atoms with Crippen LogP contribution in [0.2, 0.25) is 0 Å². The van der Waals surface area contributed by atoms with Crippen LogP contribution in [0.15, 0.2) is 30.7 Å². The number of thiophene rings is 1. The Hall–Kier alpha value is -1.88. The van der Waals surface area contributed by atoms with Gasteiger partial charge in [-0.05, 0) is 31.5 Å². The maximum atomic E-state index is 4.36. The number of anilines is 1. The third-order valence-corrected chi connectivity index (χ3v) is 4.12. The first-order valence-corrected chi connectivity index (χ1v) is 6.64. The van der Waals surface area contributed by atoms with Crippen molar-refractivity contribution < 1.29 is 0 Å². The van der Waals surface area contributed by atoms with Crippen LogP contribution in [0.25, 0.3) is 5.52 Å². The van der Waals surface area contributed by atoms with Crippen molar-refractivity contribution in [2.45, 2.75) is 20.4 Å². The average molecular weight is 258 g/mol. The van der Waals surface area contributed by atoms with E-state index in [4.69, 9.17) is 0 Å². The Balaban J connectivity index is 1.82. The Morgan fingerprint density at radius 2 is 2.22 bits per heavy atom. The van der Waals surface area contributed by atoms with Crippen LogP contribution in [0.1, 0.15) is 15.3 Å². The molecule has 5 heteroatoms. The molecule has 0 bridgehead atoms. The molecule has 4 nitrogen and oxygen atoms in total. The number of fused-ring (bicyclic) bond motifs is 1. The molecule has 3 heterocycles. The van der Waals surface area contributed by atoms with Gasteiger partial charge >= 0.3 is 0 Å². The molecular weight excluding hydrogens is 244 g/mol. The average Bonchev–Trinajstić information content (AvgIpc) is 2.94. The molecule has 3 rings (SSSR count). The van der Waals surface area contributed by atoms with Gasteiger partial charge in [-0.2, -0.15) is 5.10 Å². The lowest BCUT2D eigenvalue weighted by atomic mass is 10.3. The first-order valence-electron chi connectivity index (χ1n) is 5.82. The molecular formula is C13H14N4S. The van der Waals surface area contributed by atoms with E-state index < -0.39 is 0 Å². The van der Waals surface area contributed by atoms with Crippen molar-refractivity contribution >= 4 is 22.7 Å². The molecule has 0 aliphatic rings. The van der Waals surface area contributed by atoms with Crippen molar-refractivity contribution in [3.05, 3.63) is 46.0 Å². The highest BCUT2D eigenvalue weighted by atomic mass is 32.1. The summed E-state index contributed by atoms with van der Waals surface area (Å²) in [6, 6.07) is 4.18. The van der Waals surface area contributed by atoms with Gasteiger partial charge in [0.05, 0.1) is 12.7 Å². The maximum absolute atomic E-state index is 4.36. The Morgan fingerprint density at radius 1 is 1.33 bits per heavy atom. The van der Waals surface area contributed by atoms with E-state index in [0.29, 0.717) is 0 Å². The third kappa shape index (κ3) is 1.97. The number of aryl methyl sites for hydroxylation is 2. The molecule has 92 valence electrons. The largest absolute Gasteiger partial charge is 0.363 e. The minimum atomic E-state index is 0.803. The normalized spacial score (nSPS) is 11.0. The number of nitrogens with one attached hydrogen (secondary N) is 1. The van der Waals surface area contributed by atoms with Gasteiger partial charge in [0, 0.05) is 22.1 Å². The summed E-state index contributed by atoms with van der Waals surface area (Å²) in [4.78, 5) is 7.06. The van der Waals surface area contributed by atoms with E-state index in [9.17, 15) is 0 Å². The van der Waals surface area contributed by atoms with Gasteiger partial charge in [0.1, 0.15) is 5.52 Å². The molecule has 0 unspecified atom stereocenters. The van der Waals surface area contributed by atoms with Gasteiger partial charge in [0.15, 0.2) is 5.82 Å². The topological polar surface area (TPSA) is 42.2 Å². The maximum Gasteiger partial charge on any atom is 0.152 e. The van der Waals surface area contributed by atoms with Crippen molar-refractivity contribution in [3.63, 3.8) is 0 Å². The highest BCUT2D eigenvalue weighted by Gasteiger charge is 2.05. The zero-order valence-corrected chi connectivity index (χ0v) is 11.2. The van der Waals surface area contributed by atoms with Crippen LogP contribution in [-0.4, -0.2) is 14.6 Å². The van der Waals surface area contributed by atoms with Gasteiger partial charge in [-0.25, -0.2) is 9.50 Å². The number of aromatic nitrogens is 3. The van der Waals surface area contributed by atoms with E-state index in [2.05, 4.69) is 35.3 Å². The third-order valence-electron chi connectivity index (χ3n) is 2.97. The van der Waals surface area contributed by atoms with Gasteiger partial charge in [-0.1, -0.05) is 0 Å². The van der Waals surface area contributed by atoms with Crippen molar-refractivity contribution in [2.24, 2.45) is 0 Å². The van der Waals surface area contributed by atoms with Gasteiger partial charge < -0.3 is 5.32 Å². The van der Waals surface area contributed by atoms with E-state index in [0.717, 1.165) is 17.9 Å². The van der Waals surface area contributed by atoms with Crippen molar-refractivity contribution in [3.8, 4) is 0 Å². The van der Waals surface area contributed by atoms with Gasteiger partial charge in [-0.15, -0.1) is 11.3 Å². The quantitative estimate of drug-likeness (QED) is 0.785. The zero-order valence-electron chi connectivity index (χ0n) is 10.3. The van der Waals surface area contributed by atoms with E-state index in [1.165, 1.54) is 15.3 Å². The molecule has 0 spiro atoms. The molecule has 0 radical (unpaired) electrons. The second kappa shape index (κ2) is 4.42. The van der Waals surface area contributed by atoms with E-state index in [1.807, 2.05) is 28.1 Å².